The molecule has 0 N–H and O–H groups in total. The average Bonchev–Trinajstić information content (AvgIpc) is 1.89. The van der Waals surface area contributed by atoms with E-state index in [1.165, 1.54) is 0 Å². The van der Waals surface area contributed by atoms with Crippen LogP contribution in [0.3, 0.4) is 0 Å². The van der Waals surface area contributed by atoms with Gasteiger partial charge in [-0.05, 0) is 13.2 Å². The van der Waals surface area contributed by atoms with E-state index < -0.39 is 0 Å². The second kappa shape index (κ2) is 3.44. The van der Waals surface area contributed by atoms with Crippen LogP contribution in [-0.2, 0) is 4.74 Å². The molecule has 9 heavy (non-hydrogen) atoms. The molecule has 1 aliphatic rings. The van der Waals surface area contributed by atoms with Gasteiger partial charge in [-0.2, -0.15) is 0 Å². The minimum absolute atomic E-state index is 0.591. The van der Waals surface area contributed by atoms with Crippen molar-refractivity contribution < 1.29 is 4.74 Å². The highest BCUT2D eigenvalue weighted by molar-refractivity contribution is 7.96. The van der Waals surface area contributed by atoms with Gasteiger partial charge in [0.25, 0.3) is 0 Å². The third-order valence-corrected chi connectivity index (χ3v) is 2.55. The molecular formula is C6H13NOS. The van der Waals surface area contributed by atoms with Crippen molar-refractivity contribution in [2.75, 3.05) is 26.0 Å². The maximum atomic E-state index is 5.26. The van der Waals surface area contributed by atoms with E-state index in [2.05, 4.69) is 17.5 Å². The molecule has 1 rings (SSSR count). The summed E-state index contributed by atoms with van der Waals surface area (Å²) < 4.78 is 7.61. The van der Waals surface area contributed by atoms with Gasteiger partial charge < -0.3 is 4.74 Å². The fourth-order valence-corrected chi connectivity index (χ4v) is 1.66. The fourth-order valence-electron chi connectivity index (χ4n) is 0.983. The molecular weight excluding hydrogens is 134 g/mol. The molecule has 1 aliphatic heterocycles. The van der Waals surface area contributed by atoms with Gasteiger partial charge in [-0.25, -0.2) is 4.31 Å². The summed E-state index contributed by atoms with van der Waals surface area (Å²) in [7, 11) is 0. The lowest BCUT2D eigenvalue weighted by molar-refractivity contribution is 0.0442. The number of rotatable bonds is 1. The zero-order valence-corrected chi connectivity index (χ0v) is 6.78. The summed E-state index contributed by atoms with van der Waals surface area (Å²) in [5, 5.41) is 0. The standard InChI is InChI=1S/C6H13NOS/c1-6-5-8-4-3-7(6)9-2/h6H,3-5H2,1-2H3. The highest BCUT2D eigenvalue weighted by Gasteiger charge is 2.16. The Balaban J connectivity index is 2.30. The summed E-state index contributed by atoms with van der Waals surface area (Å²) in [6.07, 6.45) is 2.11. The van der Waals surface area contributed by atoms with Gasteiger partial charge in [0.15, 0.2) is 0 Å². The predicted octanol–water partition coefficient (Wildman–Crippen LogP) is 0.985. The van der Waals surface area contributed by atoms with Crippen LogP contribution in [0, 0.1) is 0 Å². The van der Waals surface area contributed by atoms with Crippen molar-refractivity contribution >= 4 is 11.9 Å². The van der Waals surface area contributed by atoms with E-state index >= 15 is 0 Å². The van der Waals surface area contributed by atoms with Crippen molar-refractivity contribution in [1.82, 2.24) is 4.31 Å². The van der Waals surface area contributed by atoms with E-state index in [9.17, 15) is 0 Å². The molecule has 0 aliphatic carbocycles. The van der Waals surface area contributed by atoms with Crippen molar-refractivity contribution in [3.8, 4) is 0 Å². The third-order valence-electron chi connectivity index (χ3n) is 1.54. The third kappa shape index (κ3) is 1.85. The van der Waals surface area contributed by atoms with Crippen LogP contribution >= 0.6 is 11.9 Å². The van der Waals surface area contributed by atoms with Crippen LogP contribution in [-0.4, -0.2) is 36.4 Å². The predicted molar refractivity (Wildman–Crippen MR) is 40.5 cm³/mol. The molecule has 0 aromatic carbocycles. The number of ether oxygens (including phenoxy) is 1. The smallest absolute Gasteiger partial charge is 0.0629 e. The van der Waals surface area contributed by atoms with Crippen LogP contribution in [0.5, 0.6) is 0 Å². The highest BCUT2D eigenvalue weighted by Crippen LogP contribution is 2.13. The summed E-state index contributed by atoms with van der Waals surface area (Å²) in [5.41, 5.74) is 0. The number of hydrogen-bond acceptors (Lipinski definition) is 3. The first-order chi connectivity index (χ1) is 4.34. The van der Waals surface area contributed by atoms with Gasteiger partial charge in [0, 0.05) is 12.6 Å². The molecule has 1 unspecified atom stereocenters. The van der Waals surface area contributed by atoms with E-state index in [1.54, 1.807) is 0 Å². The molecule has 54 valence electrons. The van der Waals surface area contributed by atoms with Gasteiger partial charge in [0.05, 0.1) is 13.2 Å². The highest BCUT2D eigenvalue weighted by atomic mass is 32.2. The normalized spacial score (nSPS) is 30.7. The number of morpholine rings is 1. The summed E-state index contributed by atoms with van der Waals surface area (Å²) in [4.78, 5) is 0. The molecule has 0 amide bonds. The topological polar surface area (TPSA) is 12.5 Å². The molecule has 3 heteroatoms. The Bertz CT molecular complexity index is 89.1. The molecule has 0 saturated carbocycles. The fraction of sp³-hybridized carbons (Fsp3) is 1.00. The lowest BCUT2D eigenvalue weighted by atomic mass is 10.3. The molecule has 0 aromatic rings. The van der Waals surface area contributed by atoms with Crippen LogP contribution < -0.4 is 0 Å². The molecule has 1 saturated heterocycles. The summed E-state index contributed by atoms with van der Waals surface area (Å²) in [6, 6.07) is 0.591. The summed E-state index contributed by atoms with van der Waals surface area (Å²) in [6.45, 7) is 5.05. The van der Waals surface area contributed by atoms with Gasteiger partial charge in [0.1, 0.15) is 0 Å². The average molecular weight is 147 g/mol. The quantitative estimate of drug-likeness (QED) is 0.513. The maximum absolute atomic E-state index is 5.26. The van der Waals surface area contributed by atoms with E-state index in [0.717, 1.165) is 19.8 Å². The Morgan fingerprint density at radius 1 is 1.67 bits per heavy atom. The van der Waals surface area contributed by atoms with E-state index in [1.807, 2.05) is 11.9 Å². The number of nitrogens with zero attached hydrogens (tertiary/aromatic N) is 1. The van der Waals surface area contributed by atoms with Gasteiger partial charge in [-0.3, -0.25) is 0 Å². The summed E-state index contributed by atoms with van der Waals surface area (Å²) in [5.74, 6) is 0. The molecule has 0 radical (unpaired) electrons. The second-order valence-corrected chi connectivity index (χ2v) is 3.08. The first kappa shape index (κ1) is 7.38. The first-order valence-electron chi connectivity index (χ1n) is 3.23. The Labute approximate surface area is 60.7 Å². The van der Waals surface area contributed by atoms with Crippen molar-refractivity contribution in [3.05, 3.63) is 0 Å². The molecule has 0 aromatic heterocycles. The zero-order chi connectivity index (χ0) is 6.69. The Morgan fingerprint density at radius 2 is 2.44 bits per heavy atom. The van der Waals surface area contributed by atoms with Gasteiger partial charge >= 0.3 is 0 Å². The van der Waals surface area contributed by atoms with E-state index in [-0.39, 0.29) is 0 Å². The molecule has 1 heterocycles. The Morgan fingerprint density at radius 3 is 2.89 bits per heavy atom. The Kier molecular flexibility index (Phi) is 2.82. The minimum atomic E-state index is 0.591. The van der Waals surface area contributed by atoms with Crippen molar-refractivity contribution in [3.63, 3.8) is 0 Å². The first-order valence-corrected chi connectivity index (χ1v) is 4.41. The van der Waals surface area contributed by atoms with Crippen LogP contribution in [0.2, 0.25) is 0 Å². The molecule has 1 atom stereocenters. The number of hydrogen-bond donors (Lipinski definition) is 0. The molecule has 0 bridgehead atoms. The molecule has 2 nitrogen and oxygen atoms in total. The van der Waals surface area contributed by atoms with Gasteiger partial charge in [-0.15, -0.1) is 0 Å². The SMILES string of the molecule is CSN1CCOCC1C. The van der Waals surface area contributed by atoms with Gasteiger partial charge in [0.2, 0.25) is 0 Å². The monoisotopic (exact) mass is 147 g/mol. The zero-order valence-electron chi connectivity index (χ0n) is 5.96. The lowest BCUT2D eigenvalue weighted by Gasteiger charge is -2.30. The maximum Gasteiger partial charge on any atom is 0.0629 e. The largest absolute Gasteiger partial charge is 0.378 e. The minimum Gasteiger partial charge on any atom is -0.378 e. The van der Waals surface area contributed by atoms with Crippen molar-refractivity contribution in [2.45, 2.75) is 13.0 Å². The van der Waals surface area contributed by atoms with Crippen molar-refractivity contribution in [2.24, 2.45) is 0 Å². The van der Waals surface area contributed by atoms with E-state index in [4.69, 9.17) is 4.74 Å². The summed E-state index contributed by atoms with van der Waals surface area (Å²) >= 11 is 1.81. The molecule has 1 fully saturated rings. The Hall–Kier alpha value is 0.270. The molecule has 0 spiro atoms. The van der Waals surface area contributed by atoms with Crippen LogP contribution in [0.1, 0.15) is 6.92 Å². The van der Waals surface area contributed by atoms with Gasteiger partial charge in [-0.1, -0.05) is 11.9 Å². The van der Waals surface area contributed by atoms with Crippen LogP contribution in [0.15, 0.2) is 0 Å². The van der Waals surface area contributed by atoms with Crippen LogP contribution in [0.4, 0.5) is 0 Å². The second-order valence-electron chi connectivity index (χ2n) is 2.25. The van der Waals surface area contributed by atoms with Crippen LogP contribution in [0.25, 0.3) is 0 Å². The lowest BCUT2D eigenvalue weighted by Crippen LogP contribution is -2.38. The van der Waals surface area contributed by atoms with Crippen molar-refractivity contribution in [1.29, 1.82) is 0 Å². The van der Waals surface area contributed by atoms with E-state index in [0.29, 0.717) is 6.04 Å².